The van der Waals surface area contributed by atoms with Crippen LogP contribution in [0.1, 0.15) is 13.8 Å². The van der Waals surface area contributed by atoms with Gasteiger partial charge >= 0.3 is 6.47 Å². The van der Waals surface area contributed by atoms with Crippen molar-refractivity contribution < 1.29 is 14.3 Å². The molecule has 0 fully saturated rings. The van der Waals surface area contributed by atoms with Gasteiger partial charge in [-0.2, -0.15) is 0 Å². The first-order chi connectivity index (χ1) is 5.02. The summed E-state index contributed by atoms with van der Waals surface area (Å²) >= 11 is 0. The number of rotatable bonds is 4. The maximum atomic E-state index is 10.7. The van der Waals surface area contributed by atoms with Crippen LogP contribution < -0.4 is 11.1 Å². The van der Waals surface area contributed by atoms with Gasteiger partial charge in [-0.25, -0.2) is 4.79 Å². The summed E-state index contributed by atoms with van der Waals surface area (Å²) in [7, 11) is 0. The van der Waals surface area contributed by atoms with E-state index in [4.69, 9.17) is 5.73 Å². The van der Waals surface area contributed by atoms with Crippen molar-refractivity contribution in [2.75, 3.05) is 6.54 Å². The highest BCUT2D eigenvalue weighted by atomic mass is 16.6. The number of nitrogens with two attached hydrogens (primary N) is 1. The Morgan fingerprint density at radius 1 is 1.73 bits per heavy atom. The molecule has 5 heteroatoms. The molecule has 0 unspecified atom stereocenters. The van der Waals surface area contributed by atoms with E-state index < -0.39 is 5.72 Å². The van der Waals surface area contributed by atoms with E-state index >= 15 is 0 Å². The van der Waals surface area contributed by atoms with Gasteiger partial charge in [-0.05, 0) is 13.8 Å². The topological polar surface area (TPSA) is 81.4 Å². The Labute approximate surface area is 64.9 Å². The van der Waals surface area contributed by atoms with E-state index in [9.17, 15) is 9.59 Å². The molecule has 0 aromatic heterocycles. The van der Waals surface area contributed by atoms with Crippen LogP contribution >= 0.6 is 0 Å². The lowest BCUT2D eigenvalue weighted by Crippen LogP contribution is -2.47. The average Bonchev–Trinajstić information content (AvgIpc) is 1.86. The quantitative estimate of drug-likeness (QED) is 0.509. The molecule has 63 valence electrons. The standard InChI is InChI=1S/C6H11N2O3/c1-6(2,11-4-9)8-5(10)3-7/h3,7H2,1-2H3,(H,8,10). The summed E-state index contributed by atoms with van der Waals surface area (Å²) in [5.41, 5.74) is 3.98. The zero-order valence-electron chi connectivity index (χ0n) is 6.51. The predicted molar refractivity (Wildman–Crippen MR) is 38.1 cm³/mol. The first-order valence-corrected chi connectivity index (χ1v) is 3.08. The van der Waals surface area contributed by atoms with Gasteiger partial charge < -0.3 is 15.8 Å². The van der Waals surface area contributed by atoms with E-state index in [0.29, 0.717) is 0 Å². The number of carbonyl (C=O) groups excluding carboxylic acids is 2. The summed E-state index contributed by atoms with van der Waals surface area (Å²) in [5.74, 6) is -0.384. The van der Waals surface area contributed by atoms with Gasteiger partial charge in [-0.15, -0.1) is 0 Å². The van der Waals surface area contributed by atoms with Gasteiger partial charge in [0.05, 0.1) is 6.54 Å². The van der Waals surface area contributed by atoms with Crippen molar-refractivity contribution in [2.45, 2.75) is 19.6 Å². The van der Waals surface area contributed by atoms with Crippen molar-refractivity contribution >= 4 is 12.4 Å². The van der Waals surface area contributed by atoms with Gasteiger partial charge in [0.15, 0.2) is 5.72 Å². The number of ether oxygens (including phenoxy) is 1. The molecule has 5 nitrogen and oxygen atoms in total. The van der Waals surface area contributed by atoms with E-state index in [0.717, 1.165) is 0 Å². The Hall–Kier alpha value is -1.10. The predicted octanol–water partition coefficient (Wildman–Crippen LogP) is -1.12. The van der Waals surface area contributed by atoms with Crippen LogP contribution in [-0.4, -0.2) is 24.6 Å². The van der Waals surface area contributed by atoms with Gasteiger partial charge in [0, 0.05) is 0 Å². The lowest BCUT2D eigenvalue weighted by molar-refractivity contribution is -0.125. The molecule has 0 heterocycles. The second-order valence-electron chi connectivity index (χ2n) is 2.45. The highest BCUT2D eigenvalue weighted by Crippen LogP contribution is 2.00. The Morgan fingerprint density at radius 2 is 2.27 bits per heavy atom. The zero-order valence-corrected chi connectivity index (χ0v) is 6.51. The van der Waals surface area contributed by atoms with Gasteiger partial charge in [0.1, 0.15) is 0 Å². The number of hydrogen-bond donors (Lipinski definition) is 2. The van der Waals surface area contributed by atoms with Crippen molar-refractivity contribution in [1.29, 1.82) is 0 Å². The van der Waals surface area contributed by atoms with E-state index in [1.54, 1.807) is 0 Å². The smallest absolute Gasteiger partial charge is 0.419 e. The summed E-state index contributed by atoms with van der Waals surface area (Å²) in [5, 5.41) is 2.36. The molecule has 0 bridgehead atoms. The molecular weight excluding hydrogens is 148 g/mol. The monoisotopic (exact) mass is 159 g/mol. The highest BCUT2D eigenvalue weighted by Gasteiger charge is 2.20. The molecule has 3 N–H and O–H groups in total. The molecule has 0 aromatic carbocycles. The first-order valence-electron chi connectivity index (χ1n) is 3.08. The molecule has 1 radical (unpaired) electrons. The lowest BCUT2D eigenvalue weighted by Gasteiger charge is -2.22. The molecule has 0 aliphatic heterocycles. The fraction of sp³-hybridized carbons (Fsp3) is 0.667. The Kier molecular flexibility index (Phi) is 3.53. The maximum Gasteiger partial charge on any atom is 0.419 e. The third-order valence-corrected chi connectivity index (χ3v) is 0.923. The molecule has 11 heavy (non-hydrogen) atoms. The van der Waals surface area contributed by atoms with Crippen LogP contribution in [0.5, 0.6) is 0 Å². The van der Waals surface area contributed by atoms with Crippen LogP contribution in [0.3, 0.4) is 0 Å². The summed E-state index contributed by atoms with van der Waals surface area (Å²) in [4.78, 5) is 20.4. The highest BCUT2D eigenvalue weighted by molar-refractivity contribution is 5.78. The fourth-order valence-electron chi connectivity index (χ4n) is 0.516. The van der Waals surface area contributed by atoms with Crippen molar-refractivity contribution in [3.8, 4) is 0 Å². The zero-order chi connectivity index (χ0) is 8.91. The molecule has 0 aliphatic rings. The van der Waals surface area contributed by atoms with E-state index in [2.05, 4.69) is 10.1 Å². The van der Waals surface area contributed by atoms with Gasteiger partial charge in [-0.3, -0.25) is 4.79 Å². The molecule has 0 saturated heterocycles. The summed E-state index contributed by atoms with van der Waals surface area (Å²) in [6.07, 6.45) is 0. The van der Waals surface area contributed by atoms with Gasteiger partial charge in [0.25, 0.3) is 0 Å². The average molecular weight is 159 g/mol. The molecule has 0 spiro atoms. The van der Waals surface area contributed by atoms with Gasteiger partial charge in [-0.1, -0.05) is 0 Å². The summed E-state index contributed by atoms with van der Waals surface area (Å²) < 4.78 is 4.41. The molecule has 0 atom stereocenters. The van der Waals surface area contributed by atoms with Crippen molar-refractivity contribution in [3.63, 3.8) is 0 Å². The van der Waals surface area contributed by atoms with Crippen LogP contribution in [0.25, 0.3) is 0 Å². The van der Waals surface area contributed by atoms with E-state index in [1.807, 2.05) is 0 Å². The second kappa shape index (κ2) is 3.92. The molecule has 0 aliphatic carbocycles. The molecule has 0 aromatic rings. The van der Waals surface area contributed by atoms with Crippen LogP contribution in [0.2, 0.25) is 0 Å². The van der Waals surface area contributed by atoms with Crippen molar-refractivity contribution in [1.82, 2.24) is 5.32 Å². The number of hydrogen-bond acceptors (Lipinski definition) is 4. The second-order valence-corrected chi connectivity index (χ2v) is 2.45. The minimum atomic E-state index is -1.03. The Bertz CT molecular complexity index is 156. The minimum Gasteiger partial charge on any atom is -0.431 e. The normalized spacial score (nSPS) is 10.5. The molecule has 0 saturated carbocycles. The minimum absolute atomic E-state index is 0.133. The van der Waals surface area contributed by atoms with Crippen LogP contribution in [0, 0.1) is 0 Å². The summed E-state index contributed by atoms with van der Waals surface area (Å²) in [6.45, 7) is 4.14. The fourth-order valence-corrected chi connectivity index (χ4v) is 0.516. The third-order valence-electron chi connectivity index (χ3n) is 0.923. The Morgan fingerprint density at radius 3 is 2.64 bits per heavy atom. The molecule has 0 rings (SSSR count). The summed E-state index contributed by atoms with van der Waals surface area (Å²) in [6, 6.07) is 0. The largest absolute Gasteiger partial charge is 0.431 e. The Balaban J connectivity index is 3.89. The molecular formula is C6H11N2O3. The number of carbonyl (C=O) groups is 1. The van der Waals surface area contributed by atoms with Crippen molar-refractivity contribution in [2.24, 2.45) is 5.73 Å². The molecule has 1 amide bonds. The number of nitrogens with one attached hydrogen (secondary N) is 1. The van der Waals surface area contributed by atoms with E-state index in [1.165, 1.54) is 20.3 Å². The lowest BCUT2D eigenvalue weighted by atomic mass is 10.3. The van der Waals surface area contributed by atoms with Gasteiger partial charge in [0.2, 0.25) is 5.91 Å². The van der Waals surface area contributed by atoms with Crippen molar-refractivity contribution in [3.05, 3.63) is 0 Å². The van der Waals surface area contributed by atoms with Crippen LogP contribution in [0.15, 0.2) is 0 Å². The number of amides is 1. The van der Waals surface area contributed by atoms with E-state index in [-0.39, 0.29) is 12.5 Å². The first kappa shape index (κ1) is 9.90. The third kappa shape index (κ3) is 4.32. The van der Waals surface area contributed by atoms with Crippen LogP contribution in [0.4, 0.5) is 0 Å². The maximum absolute atomic E-state index is 10.7. The van der Waals surface area contributed by atoms with Crippen LogP contribution in [-0.2, 0) is 14.3 Å². The SMILES string of the molecule is CC(C)(NC(=O)CN)O[C]=O.